The van der Waals surface area contributed by atoms with Crippen LogP contribution in [0.15, 0.2) is 66.7 Å². The Balaban J connectivity index is 1.64. The monoisotopic (exact) mass is 363 g/mol. The van der Waals surface area contributed by atoms with Crippen LogP contribution in [0.5, 0.6) is 5.75 Å². The van der Waals surface area contributed by atoms with Crippen molar-refractivity contribution in [3.8, 4) is 5.75 Å². The normalized spacial score (nSPS) is 17.0. The number of hydrogen-bond donors (Lipinski definition) is 0. The van der Waals surface area contributed by atoms with Crippen molar-refractivity contribution in [2.75, 3.05) is 12.4 Å². The molecule has 1 aliphatic rings. The molecule has 0 saturated carbocycles. The Morgan fingerprint density at radius 1 is 1.04 bits per heavy atom. The summed E-state index contributed by atoms with van der Waals surface area (Å²) in [4.78, 5) is 14.5. The first-order valence-electron chi connectivity index (χ1n) is 8.86. The molecule has 4 heteroatoms. The zero-order valence-corrected chi connectivity index (χ0v) is 15.5. The fourth-order valence-corrected chi connectivity index (χ4v) is 4.60. The second-order valence-electron chi connectivity index (χ2n) is 6.34. The van der Waals surface area contributed by atoms with Crippen LogP contribution in [-0.2, 0) is 11.3 Å². The van der Waals surface area contributed by atoms with Gasteiger partial charge in [-0.25, -0.2) is 0 Å². The van der Waals surface area contributed by atoms with Crippen LogP contribution < -0.4 is 4.74 Å². The Labute approximate surface area is 158 Å². The van der Waals surface area contributed by atoms with Gasteiger partial charge in [-0.3, -0.25) is 4.79 Å². The van der Waals surface area contributed by atoms with Crippen LogP contribution in [0.2, 0.25) is 0 Å². The fraction of sp³-hybridized carbons (Fsp3) is 0.227. The van der Waals surface area contributed by atoms with Crippen LogP contribution in [0.1, 0.15) is 23.4 Å². The van der Waals surface area contributed by atoms with Gasteiger partial charge in [0.15, 0.2) is 0 Å². The quantitative estimate of drug-likeness (QED) is 0.638. The van der Waals surface area contributed by atoms with Gasteiger partial charge in [0.05, 0.1) is 12.4 Å². The molecule has 3 nitrogen and oxygen atoms in total. The third kappa shape index (κ3) is 3.29. The highest BCUT2D eigenvalue weighted by Gasteiger charge is 2.34. The smallest absolute Gasteiger partial charge is 0.234 e. The summed E-state index contributed by atoms with van der Waals surface area (Å²) in [6, 6.07) is 22.8. The minimum atomic E-state index is -0.00304. The molecule has 0 aromatic heterocycles. The largest absolute Gasteiger partial charge is 0.493 e. The highest BCUT2D eigenvalue weighted by molar-refractivity contribution is 8.00. The van der Waals surface area contributed by atoms with E-state index in [2.05, 4.69) is 36.4 Å². The summed E-state index contributed by atoms with van der Waals surface area (Å²) in [5.74, 6) is 1.56. The molecule has 26 heavy (non-hydrogen) atoms. The summed E-state index contributed by atoms with van der Waals surface area (Å²) in [5, 5.41) is 2.42. The van der Waals surface area contributed by atoms with Crippen molar-refractivity contribution in [2.45, 2.75) is 18.8 Å². The number of amides is 1. The summed E-state index contributed by atoms with van der Waals surface area (Å²) >= 11 is 1.67. The predicted octanol–water partition coefficient (Wildman–Crippen LogP) is 5.01. The number of fused-ring (bicyclic) bond motifs is 1. The third-order valence-electron chi connectivity index (χ3n) is 4.62. The molecule has 4 rings (SSSR count). The van der Waals surface area contributed by atoms with Crippen LogP contribution in [0.4, 0.5) is 0 Å². The minimum Gasteiger partial charge on any atom is -0.493 e. The third-order valence-corrected chi connectivity index (χ3v) is 5.86. The number of carbonyl (C=O) groups is 1. The molecule has 1 fully saturated rings. The van der Waals surface area contributed by atoms with Gasteiger partial charge in [-0.2, -0.15) is 0 Å². The van der Waals surface area contributed by atoms with Crippen molar-refractivity contribution < 1.29 is 9.53 Å². The fourth-order valence-electron chi connectivity index (χ4n) is 3.39. The molecule has 1 heterocycles. The molecule has 0 N–H and O–H groups in total. The number of rotatable bonds is 5. The molecule has 0 radical (unpaired) electrons. The SMILES string of the molecule is CCOc1ccccc1C1SCC(=O)N1Cc1ccc2ccccc2c1. The molecule has 3 aromatic rings. The first-order valence-corrected chi connectivity index (χ1v) is 9.91. The van der Waals surface area contributed by atoms with E-state index in [1.165, 1.54) is 10.8 Å². The second-order valence-corrected chi connectivity index (χ2v) is 7.41. The van der Waals surface area contributed by atoms with Gasteiger partial charge in [-0.05, 0) is 35.4 Å². The number of thioether (sulfide) groups is 1. The van der Waals surface area contributed by atoms with E-state index < -0.39 is 0 Å². The molecule has 0 aliphatic carbocycles. The van der Waals surface area contributed by atoms with Gasteiger partial charge in [-0.15, -0.1) is 11.8 Å². The van der Waals surface area contributed by atoms with Gasteiger partial charge < -0.3 is 9.64 Å². The zero-order chi connectivity index (χ0) is 17.9. The maximum Gasteiger partial charge on any atom is 0.234 e. The van der Waals surface area contributed by atoms with E-state index in [-0.39, 0.29) is 11.3 Å². The van der Waals surface area contributed by atoms with Crippen LogP contribution in [0.3, 0.4) is 0 Å². The predicted molar refractivity (Wildman–Crippen MR) is 107 cm³/mol. The number of benzene rings is 3. The standard InChI is InChI=1S/C22H21NO2S/c1-2-25-20-10-6-5-9-19(20)22-23(21(24)15-26-22)14-16-11-12-17-7-3-4-8-18(17)13-16/h3-13,22H,2,14-15H2,1H3. The Kier molecular flexibility index (Phi) is 4.85. The molecule has 0 bridgehead atoms. The van der Waals surface area contributed by atoms with Gasteiger partial charge in [-0.1, -0.05) is 54.6 Å². The summed E-state index contributed by atoms with van der Waals surface area (Å²) in [7, 11) is 0. The molecule has 1 aliphatic heterocycles. The Morgan fingerprint density at radius 3 is 2.65 bits per heavy atom. The van der Waals surface area contributed by atoms with Crippen molar-refractivity contribution >= 4 is 28.4 Å². The van der Waals surface area contributed by atoms with E-state index in [4.69, 9.17) is 4.74 Å². The van der Waals surface area contributed by atoms with Crippen molar-refractivity contribution in [2.24, 2.45) is 0 Å². The number of carbonyl (C=O) groups excluding carboxylic acids is 1. The average Bonchev–Trinajstić information content (AvgIpc) is 3.03. The lowest BCUT2D eigenvalue weighted by Crippen LogP contribution is -2.27. The van der Waals surface area contributed by atoms with Crippen LogP contribution >= 0.6 is 11.8 Å². The molecular weight excluding hydrogens is 342 g/mol. The van der Waals surface area contributed by atoms with E-state index in [0.717, 1.165) is 16.9 Å². The van der Waals surface area contributed by atoms with E-state index in [0.29, 0.717) is 18.9 Å². The lowest BCUT2D eigenvalue weighted by molar-refractivity contribution is -0.128. The van der Waals surface area contributed by atoms with Gasteiger partial charge >= 0.3 is 0 Å². The van der Waals surface area contributed by atoms with Crippen molar-refractivity contribution in [1.29, 1.82) is 0 Å². The summed E-state index contributed by atoms with van der Waals surface area (Å²) < 4.78 is 5.79. The van der Waals surface area contributed by atoms with Gasteiger partial charge in [0.1, 0.15) is 11.1 Å². The molecule has 3 aromatic carbocycles. The second kappa shape index (κ2) is 7.42. The summed E-state index contributed by atoms with van der Waals surface area (Å²) in [6.07, 6.45) is 0. The first kappa shape index (κ1) is 17.0. The topological polar surface area (TPSA) is 29.5 Å². The van der Waals surface area contributed by atoms with E-state index in [9.17, 15) is 4.79 Å². The van der Waals surface area contributed by atoms with Crippen LogP contribution in [0, 0.1) is 0 Å². The van der Waals surface area contributed by atoms with Crippen LogP contribution in [0.25, 0.3) is 10.8 Å². The first-order chi connectivity index (χ1) is 12.8. The van der Waals surface area contributed by atoms with Crippen molar-refractivity contribution in [1.82, 2.24) is 4.90 Å². The molecule has 132 valence electrons. The number of para-hydroxylation sites is 1. The molecule has 0 spiro atoms. The Bertz CT molecular complexity index is 940. The van der Waals surface area contributed by atoms with E-state index >= 15 is 0 Å². The average molecular weight is 363 g/mol. The summed E-state index contributed by atoms with van der Waals surface area (Å²) in [6.45, 7) is 3.21. The van der Waals surface area contributed by atoms with Gasteiger partial charge in [0, 0.05) is 12.1 Å². The maximum atomic E-state index is 12.6. The van der Waals surface area contributed by atoms with Gasteiger partial charge in [0.2, 0.25) is 5.91 Å². The summed E-state index contributed by atoms with van der Waals surface area (Å²) in [5.41, 5.74) is 2.23. The lowest BCUT2D eigenvalue weighted by atomic mass is 10.1. The molecule has 1 amide bonds. The van der Waals surface area contributed by atoms with Gasteiger partial charge in [0.25, 0.3) is 0 Å². The number of hydrogen-bond acceptors (Lipinski definition) is 3. The van der Waals surface area contributed by atoms with Crippen LogP contribution in [-0.4, -0.2) is 23.2 Å². The molecule has 1 atom stereocenters. The van der Waals surface area contributed by atoms with E-state index in [1.807, 2.05) is 42.2 Å². The minimum absolute atomic E-state index is 0.00304. The lowest BCUT2D eigenvalue weighted by Gasteiger charge is -2.26. The maximum absolute atomic E-state index is 12.6. The Hall–Kier alpha value is -2.46. The highest BCUT2D eigenvalue weighted by Crippen LogP contribution is 2.43. The molecule has 1 unspecified atom stereocenters. The van der Waals surface area contributed by atoms with Crippen molar-refractivity contribution in [3.63, 3.8) is 0 Å². The molecule has 1 saturated heterocycles. The molecular formula is C22H21NO2S. The highest BCUT2D eigenvalue weighted by atomic mass is 32.2. The van der Waals surface area contributed by atoms with Crippen molar-refractivity contribution in [3.05, 3.63) is 77.9 Å². The number of nitrogens with zero attached hydrogens (tertiary/aromatic N) is 1. The Morgan fingerprint density at radius 2 is 1.81 bits per heavy atom. The zero-order valence-electron chi connectivity index (χ0n) is 14.7. The number of ether oxygens (including phenoxy) is 1. The van der Waals surface area contributed by atoms with E-state index in [1.54, 1.807) is 11.8 Å².